The molecule has 1 aromatic heterocycles. The molecule has 5 atom stereocenters. The van der Waals surface area contributed by atoms with Gasteiger partial charge in [0, 0.05) is 17.9 Å². The number of cyclic esters (lactones) is 1. The van der Waals surface area contributed by atoms with Crippen molar-refractivity contribution in [2.45, 2.75) is 119 Å². The summed E-state index contributed by atoms with van der Waals surface area (Å²) in [6, 6.07) is 5.47. The van der Waals surface area contributed by atoms with Gasteiger partial charge in [-0.2, -0.15) is 8.78 Å². The minimum absolute atomic E-state index is 0.135. The zero-order valence-electron chi connectivity index (χ0n) is 32.3. The van der Waals surface area contributed by atoms with E-state index in [0.29, 0.717) is 51.4 Å². The lowest BCUT2D eigenvalue weighted by Gasteiger charge is -2.41. The summed E-state index contributed by atoms with van der Waals surface area (Å²) in [5.41, 5.74) is -2.15. The van der Waals surface area contributed by atoms with Crippen LogP contribution in [0, 0.1) is 17.3 Å². The van der Waals surface area contributed by atoms with E-state index in [4.69, 9.17) is 9.47 Å². The van der Waals surface area contributed by atoms with Crippen LogP contribution >= 0.6 is 0 Å². The monoisotopic (exact) mass is 824 g/mol. The van der Waals surface area contributed by atoms with Crippen LogP contribution in [-0.2, 0) is 35.1 Å². The number of halogens is 2. The number of hydrogen-bond donors (Lipinski definition) is 3. The molecule has 4 amide bonds. The maximum atomic E-state index is 16.3. The Morgan fingerprint density at radius 3 is 2.40 bits per heavy atom. The van der Waals surface area contributed by atoms with E-state index in [1.807, 2.05) is 12.2 Å². The van der Waals surface area contributed by atoms with E-state index in [9.17, 15) is 27.6 Å². The number of nitrogens with zero attached hydrogens (tertiary/aromatic N) is 3. The number of hydrogen-bond acceptors (Lipinski definition) is 10. The molecule has 4 bridgehead atoms. The first-order chi connectivity index (χ1) is 27.8. The van der Waals surface area contributed by atoms with Gasteiger partial charge in [0.15, 0.2) is 5.69 Å². The van der Waals surface area contributed by atoms with Crippen LogP contribution in [0.1, 0.15) is 95.6 Å². The number of fused-ring (bicyclic) bond motifs is 7. The Hall–Kier alpha value is -4.67. The van der Waals surface area contributed by atoms with Crippen molar-refractivity contribution in [3.63, 3.8) is 0 Å². The van der Waals surface area contributed by atoms with Crippen LogP contribution in [0.3, 0.4) is 0 Å². The Balaban J connectivity index is 1.17. The highest BCUT2D eigenvalue weighted by molar-refractivity contribution is 7.91. The molecule has 17 heteroatoms. The smallest absolute Gasteiger partial charge is 0.407 e. The van der Waals surface area contributed by atoms with Gasteiger partial charge >= 0.3 is 12.0 Å². The van der Waals surface area contributed by atoms with Crippen LogP contribution in [-0.4, -0.2) is 89.7 Å². The second-order valence-electron chi connectivity index (χ2n) is 16.9. The Morgan fingerprint density at radius 1 is 0.914 bits per heavy atom. The van der Waals surface area contributed by atoms with Gasteiger partial charge in [-0.3, -0.25) is 19.1 Å². The number of alkyl halides is 2. The number of rotatable bonds is 3. The molecule has 312 valence electrons. The molecule has 2 aromatic rings. The maximum Gasteiger partial charge on any atom is 0.407 e. The summed E-state index contributed by atoms with van der Waals surface area (Å²) in [7, 11) is -3.96. The lowest BCUT2D eigenvalue weighted by atomic mass is 9.66. The summed E-state index contributed by atoms with van der Waals surface area (Å²) in [6.45, 7) is -0.361. The molecular formula is C41H50F2N6O8S. The molecule has 1 spiro atoms. The first kappa shape index (κ1) is 40.1. The van der Waals surface area contributed by atoms with Crippen molar-refractivity contribution < 1.29 is 45.9 Å². The van der Waals surface area contributed by atoms with Crippen molar-refractivity contribution in [3.8, 4) is 5.88 Å². The Labute approximate surface area is 336 Å². The number of nitrogens with one attached hydrogen (secondary N) is 3. The lowest BCUT2D eigenvalue weighted by molar-refractivity contribution is -0.134. The van der Waals surface area contributed by atoms with Gasteiger partial charge in [0.2, 0.25) is 27.7 Å². The van der Waals surface area contributed by atoms with Crippen LogP contribution in [0.2, 0.25) is 0 Å². The zero-order chi connectivity index (χ0) is 40.7. The average molecular weight is 825 g/mol. The Kier molecular flexibility index (Phi) is 11.0. The standard InChI is InChI=1S/C41H50F2N6O8S/c42-41(43)21-10-4-9-18-39(19-11-20-39)25-56-38(53)46-31-15-6-3-1-2-5-12-26-22-40(26,37(52)48-58(54,55)27-16-17-27)47-34(50)28-23-49(36(31)51)24-32(28)57-35-33(41)44-29-13-7-8-14-30(29)45-35/h5,7-8,10,12-14,21,26-28,31-32H,1-4,6,9,11,15-20,22-25H2,(H,46,53)(H,47,50)(H,48,52)/b12-5+,21-10+/t26-,28?,31+,32+,40+/m1/s1. The van der Waals surface area contributed by atoms with E-state index in [-0.39, 0.29) is 42.6 Å². The molecule has 8 rings (SSSR count). The zero-order valence-corrected chi connectivity index (χ0v) is 33.1. The van der Waals surface area contributed by atoms with E-state index < -0.39 is 86.1 Å². The minimum atomic E-state index is -3.96. The molecule has 1 unspecified atom stereocenters. The number of aromatic nitrogens is 2. The molecular weight excluding hydrogens is 775 g/mol. The average Bonchev–Trinajstić information content (AvgIpc) is 4.10. The number of sulfonamides is 1. The SMILES string of the molecule is O=C1N[C@H]2CCCCC/C=C/[C@@H]3C[C@]3(C(=O)NS(=O)(=O)C3CC3)NC(=O)C3CN(C[C@@H]3Oc3nc4ccccc4nc3C(F)(F)/C=C/CCCC3(CCC3)CO1)C2=O. The summed E-state index contributed by atoms with van der Waals surface area (Å²) < 4.78 is 72.5. The predicted molar refractivity (Wildman–Crippen MR) is 207 cm³/mol. The number of carbonyl (C=O) groups is 4. The second kappa shape index (κ2) is 15.8. The van der Waals surface area contributed by atoms with Crippen molar-refractivity contribution in [1.29, 1.82) is 0 Å². The van der Waals surface area contributed by atoms with Crippen molar-refractivity contribution in [2.24, 2.45) is 17.3 Å². The van der Waals surface area contributed by atoms with Gasteiger partial charge in [-0.25, -0.2) is 23.2 Å². The van der Waals surface area contributed by atoms with E-state index in [1.165, 1.54) is 11.0 Å². The van der Waals surface area contributed by atoms with E-state index in [1.54, 1.807) is 24.3 Å². The van der Waals surface area contributed by atoms with Gasteiger partial charge in [-0.15, -0.1) is 0 Å². The summed E-state index contributed by atoms with van der Waals surface area (Å²) in [6.07, 6.45) is 12.1. The number of amides is 4. The Morgan fingerprint density at radius 2 is 1.66 bits per heavy atom. The van der Waals surface area contributed by atoms with Gasteiger partial charge in [-0.1, -0.05) is 49.6 Å². The van der Waals surface area contributed by atoms with Crippen LogP contribution in [0.5, 0.6) is 5.88 Å². The van der Waals surface area contributed by atoms with Crippen LogP contribution < -0.4 is 20.1 Å². The fourth-order valence-electron chi connectivity index (χ4n) is 8.70. The van der Waals surface area contributed by atoms with Crippen molar-refractivity contribution in [2.75, 3.05) is 19.7 Å². The molecule has 1 aromatic carbocycles. The molecule has 0 radical (unpaired) electrons. The number of para-hydroxylation sites is 2. The summed E-state index contributed by atoms with van der Waals surface area (Å²) in [5.74, 6) is -8.00. The third-order valence-corrected chi connectivity index (χ3v) is 14.5. The molecule has 1 saturated heterocycles. The van der Waals surface area contributed by atoms with Crippen molar-refractivity contribution in [1.82, 2.24) is 30.2 Å². The molecule has 4 fully saturated rings. The van der Waals surface area contributed by atoms with Gasteiger partial charge in [0.1, 0.15) is 17.7 Å². The molecule has 3 N–H and O–H groups in total. The number of ether oxygens (including phenoxy) is 2. The topological polar surface area (TPSA) is 186 Å². The van der Waals surface area contributed by atoms with Crippen LogP contribution in [0.4, 0.5) is 13.6 Å². The molecule has 58 heavy (non-hydrogen) atoms. The fourth-order valence-corrected chi connectivity index (χ4v) is 10.1. The number of alkyl carbamates (subject to hydrolysis) is 1. The molecule has 14 nitrogen and oxygen atoms in total. The van der Waals surface area contributed by atoms with Gasteiger partial charge < -0.3 is 25.0 Å². The Bertz CT molecular complexity index is 2120. The molecule has 3 aliphatic carbocycles. The normalized spacial score (nSPS) is 31.5. The summed E-state index contributed by atoms with van der Waals surface area (Å²) >= 11 is 0. The third-order valence-electron chi connectivity index (χ3n) is 12.6. The highest BCUT2D eigenvalue weighted by Gasteiger charge is 2.62. The van der Waals surface area contributed by atoms with Crippen LogP contribution in [0.15, 0.2) is 48.6 Å². The molecule has 6 aliphatic rings. The third kappa shape index (κ3) is 8.41. The highest BCUT2D eigenvalue weighted by atomic mass is 32.2. The van der Waals surface area contributed by atoms with Gasteiger partial charge in [-0.05, 0) is 88.8 Å². The van der Waals surface area contributed by atoms with E-state index >= 15 is 8.78 Å². The van der Waals surface area contributed by atoms with Gasteiger partial charge in [0.05, 0.1) is 35.4 Å². The quantitative estimate of drug-likeness (QED) is 0.359. The lowest BCUT2D eigenvalue weighted by Crippen LogP contribution is -2.55. The minimum Gasteiger partial charge on any atom is -0.470 e. The maximum absolute atomic E-state index is 16.3. The second-order valence-corrected chi connectivity index (χ2v) is 18.9. The summed E-state index contributed by atoms with van der Waals surface area (Å²) in [5, 5.41) is 4.92. The molecule has 4 heterocycles. The first-order valence-electron chi connectivity index (χ1n) is 20.5. The van der Waals surface area contributed by atoms with Crippen molar-refractivity contribution >= 4 is 44.9 Å². The first-order valence-corrected chi connectivity index (χ1v) is 22.1. The molecule has 3 aliphatic heterocycles. The van der Waals surface area contributed by atoms with Gasteiger partial charge in [0.25, 0.3) is 5.91 Å². The highest BCUT2D eigenvalue weighted by Crippen LogP contribution is 2.47. The number of allylic oxidation sites excluding steroid dienone is 3. The van der Waals surface area contributed by atoms with E-state index in [2.05, 4.69) is 25.3 Å². The van der Waals surface area contributed by atoms with E-state index in [0.717, 1.165) is 38.2 Å². The number of carbonyl (C=O) groups excluding carboxylic acids is 4. The van der Waals surface area contributed by atoms with Crippen molar-refractivity contribution in [3.05, 3.63) is 54.3 Å². The predicted octanol–water partition coefficient (Wildman–Crippen LogP) is 4.94. The summed E-state index contributed by atoms with van der Waals surface area (Å²) in [4.78, 5) is 66.1. The largest absolute Gasteiger partial charge is 0.470 e. The number of benzene rings is 1. The van der Waals surface area contributed by atoms with Crippen LogP contribution in [0.25, 0.3) is 11.0 Å². The molecule has 3 saturated carbocycles. The fraction of sp³-hybridized carbons (Fsp3) is 0.610.